The number of likely N-dealkylation sites (tertiary alicyclic amines) is 2. The molecule has 1 aromatic rings. The number of carbonyl (C=O) groups excluding carboxylic acids is 3. The zero-order chi connectivity index (χ0) is 19.2. The van der Waals surface area contributed by atoms with Gasteiger partial charge < -0.3 is 19.6 Å². The number of hydrogen-bond donors (Lipinski definition) is 0. The van der Waals surface area contributed by atoms with Gasteiger partial charge in [-0.05, 0) is 19.3 Å². The smallest absolute Gasteiger partial charge is 0.320 e. The molecule has 1 aromatic heterocycles. The molecule has 1 unspecified atom stereocenters. The Morgan fingerprint density at radius 2 is 1.85 bits per heavy atom. The Bertz CT molecular complexity index is 771. The quantitative estimate of drug-likeness (QED) is 0.707. The summed E-state index contributed by atoms with van der Waals surface area (Å²) < 4.78 is 1.66. The summed E-state index contributed by atoms with van der Waals surface area (Å²) >= 11 is 0. The maximum absolute atomic E-state index is 12.8. The molecular formula is C18H26N6O3. The third kappa shape index (κ3) is 3.04. The van der Waals surface area contributed by atoms with Gasteiger partial charge in [0.25, 0.3) is 0 Å². The molecule has 0 aromatic carbocycles. The van der Waals surface area contributed by atoms with Gasteiger partial charge in [0.15, 0.2) is 0 Å². The lowest BCUT2D eigenvalue weighted by Gasteiger charge is -2.47. The minimum absolute atomic E-state index is 0.0377. The van der Waals surface area contributed by atoms with Crippen LogP contribution in [0.15, 0.2) is 12.4 Å². The largest absolute Gasteiger partial charge is 0.325 e. The number of aromatic nitrogens is 2. The highest BCUT2D eigenvalue weighted by Gasteiger charge is 2.51. The van der Waals surface area contributed by atoms with Crippen LogP contribution in [-0.4, -0.2) is 87.1 Å². The number of hydrogen-bond acceptors (Lipinski definition) is 4. The summed E-state index contributed by atoms with van der Waals surface area (Å²) in [5.74, 6) is -0.238. The molecule has 27 heavy (non-hydrogen) atoms. The van der Waals surface area contributed by atoms with Crippen LogP contribution in [0.1, 0.15) is 26.2 Å². The van der Waals surface area contributed by atoms with E-state index < -0.39 is 5.54 Å². The Morgan fingerprint density at radius 3 is 2.48 bits per heavy atom. The van der Waals surface area contributed by atoms with Crippen LogP contribution in [0.25, 0.3) is 0 Å². The lowest BCUT2D eigenvalue weighted by Crippen LogP contribution is -2.67. The van der Waals surface area contributed by atoms with Gasteiger partial charge >= 0.3 is 6.03 Å². The van der Waals surface area contributed by atoms with Crippen molar-refractivity contribution < 1.29 is 14.4 Å². The van der Waals surface area contributed by atoms with Gasteiger partial charge in [0, 0.05) is 46.3 Å². The van der Waals surface area contributed by atoms with E-state index >= 15 is 0 Å². The number of carbonyl (C=O) groups is 3. The average molecular weight is 374 g/mol. The van der Waals surface area contributed by atoms with Crippen molar-refractivity contribution in [1.29, 1.82) is 0 Å². The molecule has 4 heterocycles. The fraction of sp³-hybridized carbons (Fsp3) is 0.667. The normalized spacial score (nSPS) is 25.8. The van der Waals surface area contributed by atoms with E-state index in [1.165, 1.54) is 6.92 Å². The summed E-state index contributed by atoms with van der Waals surface area (Å²) in [7, 11) is 1.81. The van der Waals surface area contributed by atoms with Crippen LogP contribution in [0.4, 0.5) is 10.5 Å². The van der Waals surface area contributed by atoms with Crippen molar-refractivity contribution in [1.82, 2.24) is 24.5 Å². The van der Waals surface area contributed by atoms with Gasteiger partial charge in [-0.25, -0.2) is 4.79 Å². The van der Waals surface area contributed by atoms with Crippen LogP contribution in [0.3, 0.4) is 0 Å². The number of amides is 4. The lowest BCUT2D eigenvalue weighted by molar-refractivity contribution is -0.142. The van der Waals surface area contributed by atoms with Crippen LogP contribution >= 0.6 is 0 Å². The molecule has 4 amide bonds. The minimum atomic E-state index is -0.537. The Kier molecular flexibility index (Phi) is 4.32. The zero-order valence-electron chi connectivity index (χ0n) is 15.9. The van der Waals surface area contributed by atoms with Crippen molar-refractivity contribution in [3.05, 3.63) is 12.4 Å². The highest BCUT2D eigenvalue weighted by molar-refractivity contribution is 5.98. The molecule has 3 saturated heterocycles. The van der Waals surface area contributed by atoms with E-state index in [0.717, 1.165) is 31.6 Å². The highest BCUT2D eigenvalue weighted by atomic mass is 16.2. The molecule has 1 spiro atoms. The van der Waals surface area contributed by atoms with E-state index in [4.69, 9.17) is 0 Å². The third-order valence-corrected chi connectivity index (χ3v) is 5.98. The first kappa shape index (κ1) is 17.8. The summed E-state index contributed by atoms with van der Waals surface area (Å²) in [6.07, 6.45) is 6.24. The molecule has 9 nitrogen and oxygen atoms in total. The Balaban J connectivity index is 1.58. The SMILES string of the molecule is CC(=O)N1CC(=O)N(c2cnn(C)c2)CC12CCN(C(=O)N1CCCC1)C2. The molecule has 146 valence electrons. The minimum Gasteiger partial charge on any atom is -0.325 e. The molecule has 1 atom stereocenters. The predicted octanol–water partition coefficient (Wildman–Crippen LogP) is 0.276. The first-order valence-corrected chi connectivity index (χ1v) is 9.51. The van der Waals surface area contributed by atoms with Crippen LogP contribution in [-0.2, 0) is 16.6 Å². The molecule has 0 aliphatic carbocycles. The number of piperazine rings is 1. The summed E-state index contributed by atoms with van der Waals surface area (Å²) in [5.41, 5.74) is 0.194. The van der Waals surface area contributed by atoms with E-state index in [1.54, 1.807) is 26.9 Å². The summed E-state index contributed by atoms with van der Waals surface area (Å²) in [4.78, 5) is 44.9. The Morgan fingerprint density at radius 1 is 1.11 bits per heavy atom. The first-order chi connectivity index (χ1) is 12.9. The highest BCUT2D eigenvalue weighted by Crippen LogP contribution is 2.35. The Hall–Kier alpha value is -2.58. The molecule has 3 aliphatic rings. The average Bonchev–Trinajstić information content (AvgIpc) is 3.37. The summed E-state index contributed by atoms with van der Waals surface area (Å²) in [6, 6.07) is 0.0534. The van der Waals surface area contributed by atoms with Gasteiger partial charge in [-0.2, -0.15) is 5.10 Å². The van der Waals surface area contributed by atoms with Crippen molar-refractivity contribution in [3.63, 3.8) is 0 Å². The summed E-state index contributed by atoms with van der Waals surface area (Å²) in [6.45, 7) is 4.61. The van der Waals surface area contributed by atoms with Crippen LogP contribution in [0, 0.1) is 0 Å². The van der Waals surface area contributed by atoms with E-state index in [0.29, 0.717) is 26.1 Å². The van der Waals surface area contributed by atoms with Crippen LogP contribution in [0.5, 0.6) is 0 Å². The van der Waals surface area contributed by atoms with Crippen LogP contribution < -0.4 is 4.90 Å². The van der Waals surface area contributed by atoms with Gasteiger partial charge in [0.2, 0.25) is 11.8 Å². The second kappa shape index (κ2) is 6.54. The molecule has 3 aliphatic heterocycles. The van der Waals surface area contributed by atoms with E-state index in [-0.39, 0.29) is 24.4 Å². The zero-order valence-corrected chi connectivity index (χ0v) is 15.9. The molecule has 0 N–H and O–H groups in total. The fourth-order valence-electron chi connectivity index (χ4n) is 4.56. The van der Waals surface area contributed by atoms with Crippen molar-refractivity contribution in [2.45, 2.75) is 31.7 Å². The second-order valence-corrected chi connectivity index (χ2v) is 7.83. The fourth-order valence-corrected chi connectivity index (χ4v) is 4.56. The number of urea groups is 1. The maximum Gasteiger partial charge on any atom is 0.320 e. The lowest BCUT2D eigenvalue weighted by atomic mass is 9.92. The van der Waals surface area contributed by atoms with E-state index in [2.05, 4.69) is 5.10 Å². The first-order valence-electron chi connectivity index (χ1n) is 9.51. The number of rotatable bonds is 1. The van der Waals surface area contributed by atoms with Gasteiger partial charge in [0.05, 0.1) is 24.0 Å². The molecule has 4 rings (SSSR count). The third-order valence-electron chi connectivity index (χ3n) is 5.98. The van der Waals surface area contributed by atoms with Gasteiger partial charge in [-0.3, -0.25) is 14.3 Å². The molecular weight excluding hydrogens is 348 g/mol. The number of aryl methyl sites for hydroxylation is 1. The molecule has 9 heteroatoms. The van der Waals surface area contributed by atoms with Crippen molar-refractivity contribution in [2.24, 2.45) is 7.05 Å². The molecule has 0 bridgehead atoms. The number of nitrogens with zero attached hydrogens (tertiary/aromatic N) is 6. The Labute approximate surface area is 158 Å². The predicted molar refractivity (Wildman–Crippen MR) is 98.1 cm³/mol. The van der Waals surface area contributed by atoms with Crippen molar-refractivity contribution in [3.8, 4) is 0 Å². The maximum atomic E-state index is 12.8. The van der Waals surface area contributed by atoms with Crippen molar-refractivity contribution >= 4 is 23.5 Å². The molecule has 0 saturated carbocycles. The van der Waals surface area contributed by atoms with E-state index in [1.807, 2.05) is 16.8 Å². The van der Waals surface area contributed by atoms with Gasteiger partial charge in [0.1, 0.15) is 6.54 Å². The van der Waals surface area contributed by atoms with Crippen LogP contribution in [0.2, 0.25) is 0 Å². The summed E-state index contributed by atoms with van der Waals surface area (Å²) in [5, 5.41) is 4.16. The van der Waals surface area contributed by atoms with Gasteiger partial charge in [-0.15, -0.1) is 0 Å². The second-order valence-electron chi connectivity index (χ2n) is 7.83. The monoisotopic (exact) mass is 374 g/mol. The van der Waals surface area contributed by atoms with Crippen molar-refractivity contribution in [2.75, 3.05) is 44.2 Å². The topological polar surface area (TPSA) is 82.0 Å². The van der Waals surface area contributed by atoms with Gasteiger partial charge in [-0.1, -0.05) is 0 Å². The standard InChI is InChI=1S/C18H26N6O3/c1-14(25)24-11-16(26)23(15-9-19-20(2)10-15)13-18(24)5-8-22(12-18)17(27)21-6-3-4-7-21/h9-10H,3-8,11-13H2,1-2H3. The molecule has 3 fully saturated rings. The van der Waals surface area contributed by atoms with E-state index in [9.17, 15) is 14.4 Å². The molecule has 0 radical (unpaired) electrons. The number of anilines is 1.